The Balaban J connectivity index is -0.000000320. The fraction of sp³-hybridized carbons (Fsp3) is 0. The molecular formula is H6EuO7Si2Y. The molecule has 0 saturated carbocycles. The van der Waals surface area contributed by atoms with Crippen molar-refractivity contribution < 1.29 is 115 Å². The second-order valence-electron chi connectivity index (χ2n) is 1.25. The third-order valence-electron chi connectivity index (χ3n) is 0.274. The van der Waals surface area contributed by atoms with Crippen LogP contribution in [0.1, 0.15) is 0 Å². The standard InChI is InChI=1S/Eu.H6O7Si2.Y/c;1-8(2,3)7-9(4,5)6;/h;1-6H;. The van der Waals surface area contributed by atoms with E-state index in [-0.39, 0.29) is 82.1 Å². The zero-order chi connectivity index (χ0) is 7.71. The molecule has 0 spiro atoms. The minimum absolute atomic E-state index is 0. The predicted molar refractivity (Wildman–Crippen MR) is 25.9 cm³/mol. The minimum Gasteiger partial charge on any atom is -0.368 e. The van der Waals surface area contributed by atoms with Crippen molar-refractivity contribution in [3.8, 4) is 0 Å². The Kier molecular flexibility index (Phi) is 12.7. The second-order valence-corrected chi connectivity index (χ2v) is 4.36. The fourth-order valence-corrected chi connectivity index (χ4v) is 1.65. The van der Waals surface area contributed by atoms with E-state index in [0.717, 1.165) is 0 Å². The van der Waals surface area contributed by atoms with Crippen LogP contribution in [0.4, 0.5) is 0 Å². The van der Waals surface area contributed by atoms with Gasteiger partial charge in [0, 0.05) is 82.1 Å². The molecule has 0 atom stereocenters. The number of hydrogen-bond donors (Lipinski definition) is 6. The first-order valence-corrected chi connectivity index (χ1v) is 5.25. The predicted octanol–water partition coefficient (Wildman–Crippen LogP) is -4.17. The molecule has 6 N–H and O–H groups in total. The zero-order valence-corrected chi connectivity index (χ0v) is 12.3. The van der Waals surface area contributed by atoms with Gasteiger partial charge in [0.2, 0.25) is 0 Å². The van der Waals surface area contributed by atoms with Gasteiger partial charge in [-0.3, -0.25) is 0 Å². The fourth-order valence-electron chi connectivity index (χ4n) is 0.184. The van der Waals surface area contributed by atoms with Gasteiger partial charge in [0.25, 0.3) is 0 Å². The third-order valence-corrected chi connectivity index (χ3v) is 2.46. The molecule has 0 aromatic carbocycles. The summed E-state index contributed by atoms with van der Waals surface area (Å²) >= 11 is 0. The molecule has 0 aliphatic rings. The van der Waals surface area contributed by atoms with Gasteiger partial charge in [-0.05, 0) is 0 Å². The molecule has 0 aliphatic carbocycles. The van der Waals surface area contributed by atoms with Crippen LogP contribution in [0, 0.1) is 49.4 Å². The topological polar surface area (TPSA) is 131 Å². The summed E-state index contributed by atoms with van der Waals surface area (Å²) in [6, 6.07) is 0. The van der Waals surface area contributed by atoms with Crippen LogP contribution < -0.4 is 0 Å². The molecule has 11 heavy (non-hydrogen) atoms. The molecule has 0 aliphatic heterocycles. The van der Waals surface area contributed by atoms with Crippen molar-refractivity contribution in [1.82, 2.24) is 0 Å². The van der Waals surface area contributed by atoms with E-state index in [4.69, 9.17) is 28.8 Å². The summed E-state index contributed by atoms with van der Waals surface area (Å²) < 4.78 is 3.24. The van der Waals surface area contributed by atoms with E-state index in [2.05, 4.69) is 4.12 Å². The maximum Gasteiger partial charge on any atom is 0.665 e. The first kappa shape index (κ1) is 19.4. The van der Waals surface area contributed by atoms with Crippen molar-refractivity contribution >= 4 is 18.1 Å². The van der Waals surface area contributed by atoms with Crippen molar-refractivity contribution in [2.75, 3.05) is 0 Å². The average Bonchev–Trinajstić information content (AvgIpc) is 1.14. The van der Waals surface area contributed by atoms with Gasteiger partial charge in [0.05, 0.1) is 0 Å². The molecule has 0 fully saturated rings. The quantitative estimate of drug-likeness (QED) is 0.253. The molecule has 66 valence electrons. The number of hydrogen-bond acceptors (Lipinski definition) is 7. The molecule has 7 nitrogen and oxygen atoms in total. The molecule has 11 heteroatoms. The molecule has 0 rings (SSSR count). The van der Waals surface area contributed by atoms with Gasteiger partial charge in [-0.15, -0.1) is 0 Å². The molecule has 0 aromatic rings. The Hall–Kier alpha value is 2.84. The van der Waals surface area contributed by atoms with E-state index in [0.29, 0.717) is 0 Å². The summed E-state index contributed by atoms with van der Waals surface area (Å²) in [6.07, 6.45) is 0. The van der Waals surface area contributed by atoms with Crippen molar-refractivity contribution in [1.29, 1.82) is 0 Å². The van der Waals surface area contributed by atoms with E-state index < -0.39 is 18.1 Å². The first-order valence-electron chi connectivity index (χ1n) is 1.75. The monoisotopic (exact) mass is 416 g/mol. The summed E-state index contributed by atoms with van der Waals surface area (Å²) in [6.45, 7) is 0. The summed E-state index contributed by atoms with van der Waals surface area (Å²) in [5.74, 6) is 0. The molecule has 0 amide bonds. The van der Waals surface area contributed by atoms with E-state index in [9.17, 15) is 0 Å². The Morgan fingerprint density at radius 3 is 0.909 bits per heavy atom. The largest absolute Gasteiger partial charge is 0.665 e. The van der Waals surface area contributed by atoms with Gasteiger partial charge in [-0.25, -0.2) is 0 Å². The molecule has 0 saturated heterocycles. The van der Waals surface area contributed by atoms with E-state index >= 15 is 0 Å². The van der Waals surface area contributed by atoms with Crippen LogP contribution in [0.3, 0.4) is 0 Å². The van der Waals surface area contributed by atoms with Gasteiger partial charge < -0.3 is 32.9 Å². The van der Waals surface area contributed by atoms with E-state index in [1.165, 1.54) is 0 Å². The van der Waals surface area contributed by atoms with Crippen LogP contribution in [0.25, 0.3) is 0 Å². The summed E-state index contributed by atoms with van der Waals surface area (Å²) in [4.78, 5) is 47.6. The molecule has 0 bridgehead atoms. The maximum absolute atomic E-state index is 7.94. The summed E-state index contributed by atoms with van der Waals surface area (Å²) in [7, 11) is -9.96. The van der Waals surface area contributed by atoms with Crippen molar-refractivity contribution in [3.05, 3.63) is 0 Å². The summed E-state index contributed by atoms with van der Waals surface area (Å²) in [5, 5.41) is 0. The Labute approximate surface area is 130 Å². The summed E-state index contributed by atoms with van der Waals surface area (Å²) in [5.41, 5.74) is 0. The molecule has 2 radical (unpaired) electrons. The molecule has 0 unspecified atom stereocenters. The minimum atomic E-state index is -4.98. The molecule has 0 heterocycles. The van der Waals surface area contributed by atoms with Crippen molar-refractivity contribution in [2.24, 2.45) is 0 Å². The van der Waals surface area contributed by atoms with Gasteiger partial charge in [-0.2, -0.15) is 0 Å². The first-order chi connectivity index (χ1) is 3.71. The Bertz CT molecular complexity index is 81.6. The van der Waals surface area contributed by atoms with E-state index in [1.54, 1.807) is 0 Å². The zero-order valence-electron chi connectivity index (χ0n) is 5.05. The van der Waals surface area contributed by atoms with Crippen LogP contribution in [0.15, 0.2) is 0 Å². The van der Waals surface area contributed by atoms with Gasteiger partial charge in [-0.1, -0.05) is 0 Å². The number of rotatable bonds is 2. The van der Waals surface area contributed by atoms with Gasteiger partial charge in [0.1, 0.15) is 0 Å². The molecule has 0 aromatic heterocycles. The average molecular weight is 415 g/mol. The van der Waals surface area contributed by atoms with Crippen molar-refractivity contribution in [2.45, 2.75) is 0 Å². The van der Waals surface area contributed by atoms with E-state index in [1.807, 2.05) is 0 Å². The van der Waals surface area contributed by atoms with Gasteiger partial charge >= 0.3 is 18.1 Å². The van der Waals surface area contributed by atoms with Gasteiger partial charge in [0.15, 0.2) is 0 Å². The smallest absolute Gasteiger partial charge is 0.368 e. The van der Waals surface area contributed by atoms with Crippen LogP contribution in [0.2, 0.25) is 0 Å². The Morgan fingerprint density at radius 2 is 0.909 bits per heavy atom. The van der Waals surface area contributed by atoms with Crippen LogP contribution in [-0.4, -0.2) is 46.9 Å². The normalized spacial score (nSPS) is 11.5. The maximum atomic E-state index is 7.94. The van der Waals surface area contributed by atoms with Crippen LogP contribution >= 0.6 is 0 Å². The van der Waals surface area contributed by atoms with Crippen molar-refractivity contribution in [3.63, 3.8) is 0 Å². The molecular weight excluding hydrogens is 409 g/mol. The SMILES string of the molecule is O[Si](O)(O)O[Si](O)(O)O.[Eu].[Y]. The van der Waals surface area contributed by atoms with Crippen LogP contribution in [-0.2, 0) is 36.8 Å². The van der Waals surface area contributed by atoms with Crippen LogP contribution in [0.5, 0.6) is 0 Å². The third kappa shape index (κ3) is 19.3. The Morgan fingerprint density at radius 1 is 0.727 bits per heavy atom. The second kappa shape index (κ2) is 7.18.